The Kier molecular flexibility index (Phi) is 6.50. The van der Waals surface area contributed by atoms with Crippen LogP contribution in [0.1, 0.15) is 5.56 Å². The third-order valence-corrected chi connectivity index (χ3v) is 4.75. The number of hydrogen-bond acceptors (Lipinski definition) is 4. The lowest BCUT2D eigenvalue weighted by Gasteiger charge is -2.29. The van der Waals surface area contributed by atoms with E-state index < -0.39 is 0 Å². The summed E-state index contributed by atoms with van der Waals surface area (Å²) in [6, 6.07) is 6.66. The fourth-order valence-corrected chi connectivity index (χ4v) is 3.71. The molecule has 0 bridgehead atoms. The molecule has 0 amide bonds. The predicted molar refractivity (Wildman–Crippen MR) is 87.3 cm³/mol. The van der Waals surface area contributed by atoms with Crippen LogP contribution in [-0.4, -0.2) is 44.9 Å². The molecule has 1 aromatic rings. The van der Waals surface area contributed by atoms with Crippen LogP contribution in [0.5, 0.6) is 0 Å². The Morgan fingerprint density at radius 3 is 2.84 bits per heavy atom. The maximum absolute atomic E-state index is 5.02. The summed E-state index contributed by atoms with van der Waals surface area (Å²) in [5.41, 5.74) is 2.62. The number of benzene rings is 1. The summed E-state index contributed by atoms with van der Waals surface area (Å²) in [7, 11) is 1.73. The van der Waals surface area contributed by atoms with E-state index in [0.717, 1.165) is 32.8 Å². The minimum Gasteiger partial charge on any atom is -0.383 e. The summed E-state index contributed by atoms with van der Waals surface area (Å²) in [5, 5.41) is 3.37. The van der Waals surface area contributed by atoms with Crippen molar-refractivity contribution in [1.29, 1.82) is 0 Å². The van der Waals surface area contributed by atoms with Crippen LogP contribution in [0, 0.1) is 0 Å². The van der Waals surface area contributed by atoms with Crippen LogP contribution in [0.3, 0.4) is 0 Å². The van der Waals surface area contributed by atoms with Gasteiger partial charge in [-0.1, -0.05) is 6.07 Å². The molecule has 19 heavy (non-hydrogen) atoms. The molecule has 0 saturated carbocycles. The first-order valence-corrected chi connectivity index (χ1v) is 8.57. The van der Waals surface area contributed by atoms with Crippen LogP contribution < -0.4 is 10.2 Å². The summed E-state index contributed by atoms with van der Waals surface area (Å²) < 4.78 is 6.22. The van der Waals surface area contributed by atoms with Crippen molar-refractivity contribution in [3.63, 3.8) is 0 Å². The van der Waals surface area contributed by atoms with Gasteiger partial charge in [-0.2, -0.15) is 11.8 Å². The molecule has 0 atom stereocenters. The molecule has 0 aromatic heterocycles. The van der Waals surface area contributed by atoms with Crippen molar-refractivity contribution in [2.24, 2.45) is 0 Å². The highest BCUT2D eigenvalue weighted by molar-refractivity contribution is 9.10. The highest BCUT2D eigenvalue weighted by atomic mass is 79.9. The molecule has 0 unspecified atom stereocenters. The maximum Gasteiger partial charge on any atom is 0.0587 e. The van der Waals surface area contributed by atoms with Gasteiger partial charge in [-0.3, -0.25) is 0 Å². The number of rotatable bonds is 6. The van der Waals surface area contributed by atoms with E-state index in [-0.39, 0.29) is 0 Å². The van der Waals surface area contributed by atoms with Gasteiger partial charge in [-0.15, -0.1) is 0 Å². The van der Waals surface area contributed by atoms with Crippen molar-refractivity contribution in [1.82, 2.24) is 5.32 Å². The molecule has 2 rings (SSSR count). The predicted octanol–water partition coefficient (Wildman–Crippen LogP) is 2.74. The summed E-state index contributed by atoms with van der Waals surface area (Å²) in [4.78, 5) is 2.46. The van der Waals surface area contributed by atoms with Crippen LogP contribution in [0.2, 0.25) is 0 Å². The van der Waals surface area contributed by atoms with Gasteiger partial charge in [0, 0.05) is 49.3 Å². The average Bonchev–Trinajstić information content (AvgIpc) is 2.45. The van der Waals surface area contributed by atoms with Crippen molar-refractivity contribution in [2.75, 3.05) is 49.8 Å². The van der Waals surface area contributed by atoms with Gasteiger partial charge in [0.2, 0.25) is 0 Å². The molecule has 1 heterocycles. The second-order valence-electron chi connectivity index (χ2n) is 4.55. The van der Waals surface area contributed by atoms with Gasteiger partial charge in [0.05, 0.1) is 12.3 Å². The topological polar surface area (TPSA) is 24.5 Å². The minimum absolute atomic E-state index is 0.755. The normalized spacial score (nSPS) is 15.8. The summed E-state index contributed by atoms with van der Waals surface area (Å²) in [6.45, 7) is 4.82. The van der Waals surface area contributed by atoms with Gasteiger partial charge < -0.3 is 15.0 Å². The van der Waals surface area contributed by atoms with Gasteiger partial charge in [0.1, 0.15) is 0 Å². The monoisotopic (exact) mass is 344 g/mol. The molecule has 5 heteroatoms. The van der Waals surface area contributed by atoms with E-state index in [1.165, 1.54) is 27.2 Å². The Morgan fingerprint density at radius 1 is 1.37 bits per heavy atom. The standard InChI is InChI=1S/C14H21BrN2OS/c1-18-7-4-16-11-12-2-3-14(13(15)10-12)17-5-8-19-9-6-17/h2-3,10,16H,4-9,11H2,1H3. The Morgan fingerprint density at radius 2 is 2.16 bits per heavy atom. The van der Waals surface area contributed by atoms with Crippen molar-refractivity contribution >= 4 is 33.4 Å². The third-order valence-electron chi connectivity index (χ3n) is 3.18. The SMILES string of the molecule is COCCNCc1ccc(N2CCSCC2)c(Br)c1. The number of methoxy groups -OCH3 is 1. The van der Waals surface area contributed by atoms with Gasteiger partial charge >= 0.3 is 0 Å². The molecule has 1 aliphatic heterocycles. The zero-order valence-electron chi connectivity index (χ0n) is 11.3. The van der Waals surface area contributed by atoms with E-state index in [1.54, 1.807) is 7.11 Å². The van der Waals surface area contributed by atoms with E-state index in [0.29, 0.717) is 0 Å². The largest absolute Gasteiger partial charge is 0.383 e. The fourth-order valence-electron chi connectivity index (χ4n) is 2.13. The lowest BCUT2D eigenvalue weighted by Crippen LogP contribution is -2.32. The van der Waals surface area contributed by atoms with Gasteiger partial charge in [0.25, 0.3) is 0 Å². The highest BCUT2D eigenvalue weighted by Crippen LogP contribution is 2.29. The number of nitrogens with zero attached hydrogens (tertiary/aromatic N) is 1. The van der Waals surface area contributed by atoms with Crippen molar-refractivity contribution in [2.45, 2.75) is 6.54 Å². The van der Waals surface area contributed by atoms with Crippen molar-refractivity contribution in [3.8, 4) is 0 Å². The summed E-state index contributed by atoms with van der Waals surface area (Å²) in [6.07, 6.45) is 0. The smallest absolute Gasteiger partial charge is 0.0587 e. The second-order valence-corrected chi connectivity index (χ2v) is 6.63. The van der Waals surface area contributed by atoms with Crippen molar-refractivity contribution < 1.29 is 4.74 Å². The molecule has 0 spiro atoms. The van der Waals surface area contributed by atoms with E-state index in [2.05, 4.69) is 44.3 Å². The molecule has 0 aliphatic carbocycles. The van der Waals surface area contributed by atoms with Crippen LogP contribution in [0.15, 0.2) is 22.7 Å². The number of hydrogen-bond donors (Lipinski definition) is 1. The molecule has 1 aromatic carbocycles. The quantitative estimate of drug-likeness (QED) is 0.802. The number of nitrogens with one attached hydrogen (secondary N) is 1. The fraction of sp³-hybridized carbons (Fsp3) is 0.571. The molecule has 0 radical (unpaired) electrons. The van der Waals surface area contributed by atoms with Crippen LogP contribution in [0.4, 0.5) is 5.69 Å². The molecule has 1 fully saturated rings. The van der Waals surface area contributed by atoms with Gasteiger partial charge in [-0.05, 0) is 33.6 Å². The minimum atomic E-state index is 0.755. The Balaban J connectivity index is 1.92. The van der Waals surface area contributed by atoms with E-state index >= 15 is 0 Å². The first-order chi connectivity index (χ1) is 9.31. The summed E-state index contributed by atoms with van der Waals surface area (Å²) >= 11 is 5.74. The number of anilines is 1. The Hall–Kier alpha value is -0.230. The van der Waals surface area contributed by atoms with E-state index in [9.17, 15) is 0 Å². The molecular weight excluding hydrogens is 324 g/mol. The van der Waals surface area contributed by atoms with Gasteiger partial charge in [-0.25, -0.2) is 0 Å². The molecule has 106 valence electrons. The molecular formula is C14H21BrN2OS. The van der Waals surface area contributed by atoms with Crippen LogP contribution in [0.25, 0.3) is 0 Å². The molecule has 1 saturated heterocycles. The second kappa shape index (κ2) is 8.15. The lowest BCUT2D eigenvalue weighted by molar-refractivity contribution is 0.199. The van der Waals surface area contributed by atoms with Gasteiger partial charge in [0.15, 0.2) is 0 Å². The number of ether oxygens (including phenoxy) is 1. The molecule has 3 nitrogen and oxygen atoms in total. The summed E-state index contributed by atoms with van der Waals surface area (Å²) in [5.74, 6) is 2.46. The van der Waals surface area contributed by atoms with E-state index in [4.69, 9.17) is 4.74 Å². The van der Waals surface area contributed by atoms with Crippen LogP contribution in [-0.2, 0) is 11.3 Å². The Bertz CT molecular complexity index is 397. The zero-order valence-corrected chi connectivity index (χ0v) is 13.7. The number of thioether (sulfide) groups is 1. The lowest BCUT2D eigenvalue weighted by atomic mass is 10.2. The first kappa shape index (κ1) is 15.2. The van der Waals surface area contributed by atoms with Crippen molar-refractivity contribution in [3.05, 3.63) is 28.2 Å². The molecule has 1 N–H and O–H groups in total. The maximum atomic E-state index is 5.02. The van der Waals surface area contributed by atoms with Crippen LogP contribution >= 0.6 is 27.7 Å². The van der Waals surface area contributed by atoms with E-state index in [1.807, 2.05) is 11.8 Å². The third kappa shape index (κ3) is 4.67. The zero-order chi connectivity index (χ0) is 13.5. The molecule has 1 aliphatic rings. The first-order valence-electron chi connectivity index (χ1n) is 6.62. The average molecular weight is 345 g/mol. The Labute approximate surface area is 128 Å². The highest BCUT2D eigenvalue weighted by Gasteiger charge is 2.13. The number of halogens is 1.